The number of hydrogen-bond donors (Lipinski definition) is 1. The van der Waals surface area contributed by atoms with Gasteiger partial charge in [0.15, 0.2) is 0 Å². The standard InChI is InChI=1S/C15H27NO/c1-2-3-4-5-6-7-8-16-15(17)14-10-12-9-13(12)11-14/h12-14H,2-11H2,1H3,(H,16,17). The first-order valence-corrected chi connectivity index (χ1v) is 7.59. The molecule has 2 aliphatic carbocycles. The molecule has 2 nitrogen and oxygen atoms in total. The molecule has 2 fully saturated rings. The molecule has 0 spiro atoms. The average Bonchev–Trinajstić information content (AvgIpc) is 2.95. The lowest BCUT2D eigenvalue weighted by molar-refractivity contribution is -0.125. The molecular weight excluding hydrogens is 210 g/mol. The quantitative estimate of drug-likeness (QED) is 0.643. The summed E-state index contributed by atoms with van der Waals surface area (Å²) in [4.78, 5) is 11.8. The predicted molar refractivity (Wildman–Crippen MR) is 70.7 cm³/mol. The Balaban J connectivity index is 1.43. The molecule has 0 bridgehead atoms. The summed E-state index contributed by atoms with van der Waals surface area (Å²) >= 11 is 0. The minimum atomic E-state index is 0.339. The van der Waals surface area contributed by atoms with Crippen molar-refractivity contribution < 1.29 is 4.79 Å². The van der Waals surface area contributed by atoms with E-state index in [-0.39, 0.29) is 0 Å². The molecule has 2 unspecified atom stereocenters. The summed E-state index contributed by atoms with van der Waals surface area (Å²) in [5, 5.41) is 3.12. The topological polar surface area (TPSA) is 29.1 Å². The van der Waals surface area contributed by atoms with Crippen LogP contribution < -0.4 is 5.32 Å². The fourth-order valence-electron chi connectivity index (χ4n) is 3.19. The Morgan fingerprint density at radius 1 is 1.00 bits per heavy atom. The molecule has 2 aliphatic rings. The van der Waals surface area contributed by atoms with E-state index in [0.717, 1.165) is 24.8 Å². The Bertz CT molecular complexity index is 241. The van der Waals surface area contributed by atoms with E-state index in [1.165, 1.54) is 51.4 Å². The highest BCUT2D eigenvalue weighted by atomic mass is 16.1. The fraction of sp³-hybridized carbons (Fsp3) is 0.933. The normalized spacial score (nSPS) is 30.1. The molecule has 2 heteroatoms. The van der Waals surface area contributed by atoms with Gasteiger partial charge in [0, 0.05) is 12.5 Å². The van der Waals surface area contributed by atoms with Crippen molar-refractivity contribution in [1.82, 2.24) is 5.32 Å². The summed E-state index contributed by atoms with van der Waals surface area (Å²) in [6, 6.07) is 0. The van der Waals surface area contributed by atoms with Crippen molar-refractivity contribution >= 4 is 5.91 Å². The van der Waals surface area contributed by atoms with Crippen LogP contribution >= 0.6 is 0 Å². The molecule has 98 valence electrons. The van der Waals surface area contributed by atoms with E-state index in [9.17, 15) is 4.79 Å². The number of unbranched alkanes of at least 4 members (excludes halogenated alkanes) is 5. The molecule has 2 saturated carbocycles. The molecule has 0 aliphatic heterocycles. The molecule has 1 amide bonds. The Kier molecular flexibility index (Phi) is 4.87. The van der Waals surface area contributed by atoms with Crippen molar-refractivity contribution in [1.29, 1.82) is 0 Å². The second-order valence-corrected chi connectivity index (χ2v) is 5.98. The first-order chi connectivity index (χ1) is 8.31. The minimum absolute atomic E-state index is 0.339. The molecule has 2 rings (SSSR count). The number of carbonyl (C=O) groups excluding carboxylic acids is 1. The third kappa shape index (κ3) is 4.01. The van der Waals surface area contributed by atoms with E-state index in [1.807, 2.05) is 0 Å². The first-order valence-electron chi connectivity index (χ1n) is 7.59. The van der Waals surface area contributed by atoms with Crippen LogP contribution in [0.4, 0.5) is 0 Å². The highest BCUT2D eigenvalue weighted by Gasteiger charge is 2.47. The lowest BCUT2D eigenvalue weighted by atomic mass is 10.0. The Morgan fingerprint density at radius 3 is 2.35 bits per heavy atom. The molecule has 0 radical (unpaired) electrons. The molecule has 1 N–H and O–H groups in total. The molecular formula is C15H27NO. The van der Waals surface area contributed by atoms with Crippen LogP contribution in [0.25, 0.3) is 0 Å². The first kappa shape index (κ1) is 12.9. The highest BCUT2D eigenvalue weighted by Crippen LogP contribution is 2.54. The maximum absolute atomic E-state index is 11.8. The third-order valence-electron chi connectivity index (χ3n) is 4.44. The number of nitrogens with one attached hydrogen (secondary N) is 1. The van der Waals surface area contributed by atoms with Gasteiger partial charge in [-0.25, -0.2) is 0 Å². The molecule has 2 atom stereocenters. The Morgan fingerprint density at radius 2 is 1.65 bits per heavy atom. The largest absolute Gasteiger partial charge is 0.356 e. The third-order valence-corrected chi connectivity index (χ3v) is 4.44. The van der Waals surface area contributed by atoms with E-state index in [0.29, 0.717) is 11.8 Å². The van der Waals surface area contributed by atoms with Crippen molar-refractivity contribution in [3.8, 4) is 0 Å². The smallest absolute Gasteiger partial charge is 0.223 e. The lowest BCUT2D eigenvalue weighted by Crippen LogP contribution is -2.30. The van der Waals surface area contributed by atoms with Crippen LogP contribution in [-0.2, 0) is 4.79 Å². The SMILES string of the molecule is CCCCCCCCNC(=O)C1CC2CC2C1. The van der Waals surface area contributed by atoms with Crippen molar-refractivity contribution in [2.75, 3.05) is 6.54 Å². The van der Waals surface area contributed by atoms with Gasteiger partial charge in [-0.15, -0.1) is 0 Å². The fourth-order valence-corrected chi connectivity index (χ4v) is 3.19. The van der Waals surface area contributed by atoms with Crippen LogP contribution in [0.5, 0.6) is 0 Å². The van der Waals surface area contributed by atoms with Gasteiger partial charge in [-0.05, 0) is 37.5 Å². The van der Waals surface area contributed by atoms with E-state index in [1.54, 1.807) is 0 Å². The van der Waals surface area contributed by atoms with Gasteiger partial charge in [0.25, 0.3) is 0 Å². The number of carbonyl (C=O) groups is 1. The molecule has 0 aromatic rings. The Hall–Kier alpha value is -0.530. The zero-order valence-electron chi connectivity index (χ0n) is 11.2. The summed E-state index contributed by atoms with van der Waals surface area (Å²) in [5.41, 5.74) is 0. The molecule has 17 heavy (non-hydrogen) atoms. The van der Waals surface area contributed by atoms with E-state index >= 15 is 0 Å². The van der Waals surface area contributed by atoms with E-state index < -0.39 is 0 Å². The van der Waals surface area contributed by atoms with Crippen molar-refractivity contribution in [3.05, 3.63) is 0 Å². The van der Waals surface area contributed by atoms with Gasteiger partial charge in [-0.2, -0.15) is 0 Å². The zero-order chi connectivity index (χ0) is 12.1. The second kappa shape index (κ2) is 6.42. The molecule has 0 aromatic carbocycles. The average molecular weight is 237 g/mol. The molecule has 0 saturated heterocycles. The maximum atomic E-state index is 11.8. The lowest BCUT2D eigenvalue weighted by Gasteiger charge is -2.12. The van der Waals surface area contributed by atoms with E-state index in [2.05, 4.69) is 12.2 Å². The number of rotatable bonds is 8. The van der Waals surface area contributed by atoms with Gasteiger partial charge in [0.05, 0.1) is 0 Å². The van der Waals surface area contributed by atoms with Gasteiger partial charge in [0.2, 0.25) is 5.91 Å². The highest BCUT2D eigenvalue weighted by molar-refractivity contribution is 5.79. The summed E-state index contributed by atoms with van der Waals surface area (Å²) in [5.74, 6) is 2.53. The minimum Gasteiger partial charge on any atom is -0.356 e. The van der Waals surface area contributed by atoms with Crippen LogP contribution in [0.15, 0.2) is 0 Å². The van der Waals surface area contributed by atoms with Crippen LogP contribution in [0.2, 0.25) is 0 Å². The van der Waals surface area contributed by atoms with Crippen molar-refractivity contribution in [2.24, 2.45) is 17.8 Å². The van der Waals surface area contributed by atoms with Gasteiger partial charge in [0.1, 0.15) is 0 Å². The summed E-state index contributed by atoms with van der Waals surface area (Å²) in [6.45, 7) is 3.14. The van der Waals surface area contributed by atoms with Crippen LogP contribution in [0, 0.1) is 17.8 Å². The number of fused-ring (bicyclic) bond motifs is 1. The van der Waals surface area contributed by atoms with E-state index in [4.69, 9.17) is 0 Å². The number of hydrogen-bond acceptors (Lipinski definition) is 1. The van der Waals surface area contributed by atoms with Crippen LogP contribution in [-0.4, -0.2) is 12.5 Å². The van der Waals surface area contributed by atoms with Crippen LogP contribution in [0.1, 0.15) is 64.7 Å². The van der Waals surface area contributed by atoms with Crippen molar-refractivity contribution in [2.45, 2.75) is 64.7 Å². The van der Waals surface area contributed by atoms with Gasteiger partial charge in [-0.3, -0.25) is 4.79 Å². The summed E-state index contributed by atoms with van der Waals surface area (Å²) < 4.78 is 0. The predicted octanol–water partition coefficient (Wildman–Crippen LogP) is 3.51. The van der Waals surface area contributed by atoms with Gasteiger partial charge >= 0.3 is 0 Å². The summed E-state index contributed by atoms with van der Waals surface area (Å²) in [6.07, 6.45) is 11.5. The Labute approximate surface area is 106 Å². The van der Waals surface area contributed by atoms with Gasteiger partial charge in [-0.1, -0.05) is 39.0 Å². The van der Waals surface area contributed by atoms with Crippen molar-refractivity contribution in [3.63, 3.8) is 0 Å². The number of amides is 1. The zero-order valence-corrected chi connectivity index (χ0v) is 11.2. The monoisotopic (exact) mass is 237 g/mol. The summed E-state index contributed by atoms with van der Waals surface area (Å²) in [7, 11) is 0. The van der Waals surface area contributed by atoms with Gasteiger partial charge < -0.3 is 5.32 Å². The molecule has 0 heterocycles. The maximum Gasteiger partial charge on any atom is 0.223 e. The second-order valence-electron chi connectivity index (χ2n) is 5.98. The molecule has 0 aromatic heterocycles. The van der Waals surface area contributed by atoms with Crippen LogP contribution in [0.3, 0.4) is 0 Å².